The van der Waals surface area contributed by atoms with Gasteiger partial charge in [0.05, 0.1) is 5.75 Å². The number of benzene rings is 2. The van der Waals surface area contributed by atoms with Crippen LogP contribution in [-0.4, -0.2) is 73.4 Å². The number of fused-ring (bicyclic) bond motifs is 1. The quantitative estimate of drug-likeness (QED) is 0.320. The Balaban J connectivity index is 0.000000604. The summed E-state index contributed by atoms with van der Waals surface area (Å²) < 4.78 is 27.4. The molecule has 0 spiro atoms. The van der Waals surface area contributed by atoms with Gasteiger partial charge in [-0.3, -0.25) is 0 Å². The van der Waals surface area contributed by atoms with Crippen molar-refractivity contribution in [3.63, 3.8) is 0 Å². The maximum Gasteiger partial charge on any atom is 0.414 e. The zero-order valence-electron chi connectivity index (χ0n) is 19.3. The van der Waals surface area contributed by atoms with Crippen molar-refractivity contribution in [3.05, 3.63) is 71.4 Å². The van der Waals surface area contributed by atoms with Crippen LogP contribution < -0.4 is 4.72 Å². The molecule has 0 aliphatic carbocycles. The summed E-state index contributed by atoms with van der Waals surface area (Å²) in [6.07, 6.45) is 4.23. The largest absolute Gasteiger partial charge is 0.473 e. The van der Waals surface area contributed by atoms with E-state index in [0.717, 1.165) is 29.6 Å². The van der Waals surface area contributed by atoms with Gasteiger partial charge in [-0.15, -0.1) is 0 Å². The van der Waals surface area contributed by atoms with E-state index in [9.17, 15) is 8.42 Å². The topological polar surface area (TPSA) is 140 Å². The molecule has 0 aliphatic heterocycles. The van der Waals surface area contributed by atoms with Gasteiger partial charge in [0.15, 0.2) is 0 Å². The Bertz CT molecular complexity index is 1180. The number of hydrogen-bond acceptors (Lipinski definition) is 5. The lowest BCUT2D eigenvalue weighted by atomic mass is 10.1. The first-order valence-corrected chi connectivity index (χ1v) is 12.4. The Hall–Kier alpha value is -3.21. The molecular weight excluding hydrogens is 458 g/mol. The van der Waals surface area contributed by atoms with Crippen molar-refractivity contribution >= 4 is 32.9 Å². The monoisotopic (exact) mass is 489 g/mol. The molecule has 1 aromatic heterocycles. The number of sulfonamides is 1. The first-order chi connectivity index (χ1) is 16.1. The van der Waals surface area contributed by atoms with Gasteiger partial charge >= 0.3 is 11.9 Å². The molecule has 10 heteroatoms. The number of nitrogens with zero attached hydrogens (tertiary/aromatic N) is 1. The second-order valence-corrected chi connectivity index (χ2v) is 9.98. The zero-order chi connectivity index (χ0) is 25.1. The van der Waals surface area contributed by atoms with Crippen molar-refractivity contribution in [2.24, 2.45) is 0 Å². The summed E-state index contributed by atoms with van der Waals surface area (Å²) in [5, 5.41) is 16.0. The normalized spacial score (nSPS) is 11.3. The Kier molecular flexibility index (Phi) is 10.2. The van der Waals surface area contributed by atoms with E-state index in [1.165, 1.54) is 10.9 Å². The Morgan fingerprint density at radius 2 is 1.62 bits per heavy atom. The van der Waals surface area contributed by atoms with Crippen LogP contribution in [-0.2, 0) is 38.9 Å². The zero-order valence-corrected chi connectivity index (χ0v) is 20.1. The van der Waals surface area contributed by atoms with Crippen LogP contribution >= 0.6 is 0 Å². The molecule has 0 amide bonds. The van der Waals surface area contributed by atoms with Crippen molar-refractivity contribution in [2.45, 2.75) is 19.3 Å². The molecule has 3 aromatic rings. The average Bonchev–Trinajstić information content (AvgIpc) is 3.19. The van der Waals surface area contributed by atoms with Crippen LogP contribution in [0.1, 0.15) is 16.7 Å². The fourth-order valence-electron chi connectivity index (χ4n) is 3.25. The molecule has 4 N–H and O–H groups in total. The minimum atomic E-state index is -3.29. The molecular formula is C24H31N3O6S. The highest BCUT2D eigenvalue weighted by molar-refractivity contribution is 7.89. The number of nitrogens with one attached hydrogen (secondary N) is 2. The molecule has 0 radical (unpaired) electrons. The van der Waals surface area contributed by atoms with E-state index in [4.69, 9.17) is 19.8 Å². The van der Waals surface area contributed by atoms with Gasteiger partial charge in [-0.25, -0.2) is 22.7 Å². The molecule has 0 aliphatic rings. The molecule has 2 aromatic carbocycles. The maximum absolute atomic E-state index is 12.3. The average molecular weight is 490 g/mol. The molecule has 0 atom stereocenters. The lowest BCUT2D eigenvalue weighted by Crippen LogP contribution is -2.29. The number of aromatic amines is 1. The number of aromatic nitrogens is 1. The molecule has 0 fully saturated rings. The van der Waals surface area contributed by atoms with Crippen LogP contribution in [0.3, 0.4) is 0 Å². The summed E-state index contributed by atoms with van der Waals surface area (Å²) in [5.74, 6) is -3.55. The highest BCUT2D eigenvalue weighted by atomic mass is 32.2. The van der Waals surface area contributed by atoms with Crippen molar-refractivity contribution in [2.75, 3.05) is 32.9 Å². The third-order valence-corrected chi connectivity index (χ3v) is 6.47. The standard InChI is InChI=1S/C22H29N3O2S.C2H2O4/c1-25(2)14-11-20-17-23-22-9-8-19(16-21(20)22)12-15-28(26,27)24-13-10-18-6-4-3-5-7-18;3-1(4)2(5)6/h3-9,16-17,23-24H,10-15H2,1-2H3;(H,3,4)(H,5,6). The van der Waals surface area contributed by atoms with E-state index < -0.39 is 22.0 Å². The number of likely N-dealkylation sites (N-methyl/N-ethyl adjacent to an activating group) is 1. The smallest absolute Gasteiger partial charge is 0.414 e. The summed E-state index contributed by atoms with van der Waals surface area (Å²) >= 11 is 0. The van der Waals surface area contributed by atoms with E-state index in [-0.39, 0.29) is 5.75 Å². The minimum absolute atomic E-state index is 0.102. The minimum Gasteiger partial charge on any atom is -0.473 e. The molecule has 0 saturated carbocycles. The van der Waals surface area contributed by atoms with Gasteiger partial charge in [0.1, 0.15) is 0 Å². The molecule has 0 bridgehead atoms. The molecule has 184 valence electrons. The van der Waals surface area contributed by atoms with E-state index in [0.29, 0.717) is 19.4 Å². The van der Waals surface area contributed by atoms with Crippen LogP contribution in [0.4, 0.5) is 0 Å². The SMILES string of the molecule is CN(C)CCc1c[nH]c2ccc(CCS(=O)(=O)NCCc3ccccc3)cc12.O=C(O)C(=O)O. The summed E-state index contributed by atoms with van der Waals surface area (Å²) in [5.41, 5.74) is 4.55. The second kappa shape index (κ2) is 12.9. The van der Waals surface area contributed by atoms with E-state index in [1.54, 1.807) is 0 Å². The number of carboxylic acid groups (broad SMARTS) is 2. The molecule has 34 heavy (non-hydrogen) atoms. The maximum atomic E-state index is 12.3. The van der Waals surface area contributed by atoms with Gasteiger partial charge in [-0.1, -0.05) is 36.4 Å². The second-order valence-electron chi connectivity index (χ2n) is 8.06. The highest BCUT2D eigenvalue weighted by Crippen LogP contribution is 2.21. The summed E-state index contributed by atoms with van der Waals surface area (Å²) in [7, 11) is 0.845. The predicted molar refractivity (Wildman–Crippen MR) is 131 cm³/mol. The van der Waals surface area contributed by atoms with Crippen LogP contribution in [0.5, 0.6) is 0 Å². The Morgan fingerprint density at radius 1 is 0.941 bits per heavy atom. The number of rotatable bonds is 10. The van der Waals surface area contributed by atoms with Gasteiger partial charge in [-0.2, -0.15) is 0 Å². The first kappa shape index (κ1) is 27.0. The van der Waals surface area contributed by atoms with Gasteiger partial charge < -0.3 is 20.1 Å². The van der Waals surface area contributed by atoms with E-state index in [1.807, 2.05) is 42.5 Å². The number of aliphatic carboxylic acids is 2. The van der Waals surface area contributed by atoms with Crippen LogP contribution in [0.15, 0.2) is 54.7 Å². The summed E-state index contributed by atoms with van der Waals surface area (Å²) in [6.45, 7) is 1.41. The molecule has 0 saturated heterocycles. The third kappa shape index (κ3) is 9.34. The van der Waals surface area contributed by atoms with Crippen LogP contribution in [0.2, 0.25) is 0 Å². The van der Waals surface area contributed by atoms with Gasteiger partial charge in [0.2, 0.25) is 10.0 Å². The van der Waals surface area contributed by atoms with Crippen molar-refractivity contribution < 1.29 is 28.2 Å². The number of hydrogen-bond donors (Lipinski definition) is 4. The molecule has 0 unspecified atom stereocenters. The molecule has 3 rings (SSSR count). The van der Waals surface area contributed by atoms with E-state index >= 15 is 0 Å². The molecule has 1 heterocycles. The lowest BCUT2D eigenvalue weighted by Gasteiger charge is -2.09. The number of carbonyl (C=O) groups is 2. The number of aryl methyl sites for hydroxylation is 1. The van der Waals surface area contributed by atoms with Crippen LogP contribution in [0, 0.1) is 0 Å². The highest BCUT2D eigenvalue weighted by Gasteiger charge is 2.11. The van der Waals surface area contributed by atoms with Gasteiger partial charge in [0, 0.05) is 30.2 Å². The lowest BCUT2D eigenvalue weighted by molar-refractivity contribution is -0.159. The fraction of sp³-hybridized carbons (Fsp3) is 0.333. The Labute approximate surface area is 199 Å². The first-order valence-electron chi connectivity index (χ1n) is 10.8. The molecule has 9 nitrogen and oxygen atoms in total. The number of carboxylic acids is 2. The van der Waals surface area contributed by atoms with Crippen molar-refractivity contribution in [1.29, 1.82) is 0 Å². The van der Waals surface area contributed by atoms with Crippen LogP contribution in [0.25, 0.3) is 10.9 Å². The van der Waals surface area contributed by atoms with Gasteiger partial charge in [0.25, 0.3) is 0 Å². The summed E-state index contributed by atoms with van der Waals surface area (Å²) in [6, 6.07) is 16.1. The van der Waals surface area contributed by atoms with E-state index in [2.05, 4.69) is 41.0 Å². The third-order valence-electron chi connectivity index (χ3n) is 5.08. The van der Waals surface area contributed by atoms with Gasteiger partial charge in [-0.05, 0) is 62.2 Å². The fourth-order valence-corrected chi connectivity index (χ4v) is 4.31. The number of H-pyrrole nitrogens is 1. The Morgan fingerprint density at radius 3 is 2.24 bits per heavy atom. The van der Waals surface area contributed by atoms with Crippen molar-refractivity contribution in [3.8, 4) is 0 Å². The van der Waals surface area contributed by atoms with Crippen molar-refractivity contribution in [1.82, 2.24) is 14.6 Å². The predicted octanol–water partition coefficient (Wildman–Crippen LogP) is 2.13. The summed E-state index contributed by atoms with van der Waals surface area (Å²) in [4.78, 5) is 23.7.